The average Bonchev–Trinajstić information content (AvgIpc) is 2.64. The third kappa shape index (κ3) is 4.55. The Balaban J connectivity index is 2.63. The van der Waals surface area contributed by atoms with Crippen LogP contribution in [0, 0.1) is 11.3 Å². The molecule has 1 aromatic carbocycles. The van der Waals surface area contributed by atoms with Gasteiger partial charge < -0.3 is 5.32 Å². The number of unbranched alkanes of at least 4 members (excludes halogenated alkanes) is 1. The maximum absolute atomic E-state index is 13.8. The molecular formula is C19H18F5N3S. The molecule has 0 aliphatic rings. The largest absolute Gasteiger partial charge is 0.458 e. The van der Waals surface area contributed by atoms with Gasteiger partial charge >= 0.3 is 12.1 Å². The third-order valence-corrected chi connectivity index (χ3v) is 4.56. The normalized spacial score (nSPS) is 12.0. The van der Waals surface area contributed by atoms with Crippen molar-refractivity contribution < 1.29 is 22.0 Å². The molecule has 0 bridgehead atoms. The summed E-state index contributed by atoms with van der Waals surface area (Å²) >= 11 is 5.35. The molecule has 0 unspecified atom stereocenters. The number of hydrogen-bond donors (Lipinski definition) is 1. The van der Waals surface area contributed by atoms with Crippen molar-refractivity contribution in [3.63, 3.8) is 0 Å². The lowest BCUT2D eigenvalue weighted by Crippen LogP contribution is -2.33. The zero-order chi connectivity index (χ0) is 20.9. The zero-order valence-electron chi connectivity index (χ0n) is 15.0. The number of nitriles is 1. The number of nitrogens with one attached hydrogen (secondary N) is 1. The standard InChI is InChI=1S/C19H18F5N3S/c1-2-3-5-12-11-27-15-7-6-13(18(20,21)19(22,23)24)10-14(15)16(12)17(28)26-9-4-8-25/h6-7,10-11H,2-5,9H2,1H3,(H,26,28). The molecule has 2 rings (SSSR count). The van der Waals surface area contributed by atoms with Gasteiger partial charge in [0.15, 0.2) is 0 Å². The van der Waals surface area contributed by atoms with Gasteiger partial charge in [-0.25, -0.2) is 0 Å². The number of hydrogen-bond acceptors (Lipinski definition) is 3. The minimum atomic E-state index is -5.71. The first-order valence-corrected chi connectivity index (χ1v) is 9.06. The van der Waals surface area contributed by atoms with E-state index >= 15 is 0 Å². The number of fused-ring (bicyclic) bond motifs is 1. The number of nitrogens with zero attached hydrogens (tertiary/aromatic N) is 2. The molecule has 0 saturated heterocycles. The van der Waals surface area contributed by atoms with E-state index in [2.05, 4.69) is 10.3 Å². The predicted octanol–water partition coefficient (Wildman–Crippen LogP) is 5.41. The zero-order valence-corrected chi connectivity index (χ0v) is 15.9. The van der Waals surface area contributed by atoms with E-state index in [1.807, 2.05) is 13.0 Å². The Bertz CT molecular complexity index is 903. The van der Waals surface area contributed by atoms with Crippen molar-refractivity contribution in [1.29, 1.82) is 5.26 Å². The van der Waals surface area contributed by atoms with E-state index in [1.165, 1.54) is 0 Å². The summed E-state index contributed by atoms with van der Waals surface area (Å²) in [5, 5.41) is 11.7. The first-order valence-electron chi connectivity index (χ1n) is 8.65. The summed E-state index contributed by atoms with van der Waals surface area (Å²) in [6.45, 7) is 2.21. The lowest BCUT2D eigenvalue weighted by molar-refractivity contribution is -0.289. The van der Waals surface area contributed by atoms with Crippen molar-refractivity contribution in [2.75, 3.05) is 6.54 Å². The Morgan fingerprint density at radius 1 is 1.25 bits per heavy atom. The number of rotatable bonds is 7. The van der Waals surface area contributed by atoms with Gasteiger partial charge in [0.1, 0.15) is 4.99 Å². The second-order valence-corrected chi connectivity index (χ2v) is 6.64. The van der Waals surface area contributed by atoms with Crippen molar-refractivity contribution >= 4 is 28.1 Å². The van der Waals surface area contributed by atoms with Crippen LogP contribution in [0.3, 0.4) is 0 Å². The van der Waals surface area contributed by atoms with Crippen molar-refractivity contribution in [2.24, 2.45) is 0 Å². The Hall–Kier alpha value is -2.34. The van der Waals surface area contributed by atoms with E-state index in [0.717, 1.165) is 31.0 Å². The molecule has 1 N–H and O–H groups in total. The van der Waals surface area contributed by atoms with Gasteiger partial charge in [-0.05, 0) is 30.5 Å². The molecule has 0 amide bonds. The summed E-state index contributed by atoms with van der Waals surface area (Å²) in [7, 11) is 0. The lowest BCUT2D eigenvalue weighted by Gasteiger charge is -2.21. The SMILES string of the molecule is CCCCc1cnc2ccc(C(F)(F)C(F)(F)F)cc2c1C(=S)NCCC#N. The van der Waals surface area contributed by atoms with Gasteiger partial charge in [0, 0.05) is 29.3 Å². The van der Waals surface area contributed by atoms with Crippen LogP contribution in [-0.4, -0.2) is 22.7 Å². The number of pyridine rings is 1. The van der Waals surface area contributed by atoms with E-state index < -0.39 is 17.7 Å². The predicted molar refractivity (Wildman–Crippen MR) is 100 cm³/mol. The molecule has 0 radical (unpaired) electrons. The minimum absolute atomic E-state index is 0.129. The van der Waals surface area contributed by atoms with Crippen LogP contribution in [0.1, 0.15) is 42.9 Å². The highest BCUT2D eigenvalue weighted by atomic mass is 32.1. The molecule has 0 atom stereocenters. The van der Waals surface area contributed by atoms with Gasteiger partial charge in [0.2, 0.25) is 0 Å². The molecule has 3 nitrogen and oxygen atoms in total. The number of aryl methyl sites for hydroxylation is 1. The van der Waals surface area contributed by atoms with Crippen LogP contribution in [-0.2, 0) is 12.3 Å². The van der Waals surface area contributed by atoms with Crippen LogP contribution in [0.2, 0.25) is 0 Å². The first kappa shape index (κ1) is 22.0. The molecule has 0 aliphatic carbocycles. The molecule has 1 heterocycles. The fourth-order valence-electron chi connectivity index (χ4n) is 2.74. The topological polar surface area (TPSA) is 48.7 Å². The molecular weight excluding hydrogens is 397 g/mol. The minimum Gasteiger partial charge on any atom is -0.375 e. The summed E-state index contributed by atoms with van der Waals surface area (Å²) in [5.74, 6) is -4.99. The third-order valence-electron chi connectivity index (χ3n) is 4.21. The Morgan fingerprint density at radius 2 is 1.96 bits per heavy atom. The monoisotopic (exact) mass is 415 g/mol. The molecule has 1 aromatic heterocycles. The molecule has 0 saturated carbocycles. The second kappa shape index (κ2) is 8.78. The number of thiocarbonyl (C=S) groups is 1. The summed E-state index contributed by atoms with van der Waals surface area (Å²) in [6, 6.07) is 4.61. The summed E-state index contributed by atoms with van der Waals surface area (Å²) in [5.41, 5.74) is 0.145. The van der Waals surface area contributed by atoms with Crippen LogP contribution >= 0.6 is 12.2 Å². The van der Waals surface area contributed by atoms with Gasteiger partial charge in [-0.1, -0.05) is 31.6 Å². The van der Waals surface area contributed by atoms with E-state index in [-0.39, 0.29) is 28.9 Å². The summed E-state index contributed by atoms with van der Waals surface area (Å²) < 4.78 is 66.1. The molecule has 0 aliphatic heterocycles. The molecule has 0 fully saturated rings. The van der Waals surface area contributed by atoms with Crippen molar-refractivity contribution in [3.8, 4) is 6.07 Å². The fourth-order valence-corrected chi connectivity index (χ4v) is 3.08. The maximum Gasteiger partial charge on any atom is 0.458 e. The highest BCUT2D eigenvalue weighted by Crippen LogP contribution is 2.44. The Kier molecular flexibility index (Phi) is 6.88. The maximum atomic E-state index is 13.8. The Morgan fingerprint density at radius 3 is 2.57 bits per heavy atom. The van der Waals surface area contributed by atoms with Gasteiger partial charge in [0.25, 0.3) is 0 Å². The number of halogens is 5. The fraction of sp³-hybridized carbons (Fsp3) is 0.421. The van der Waals surface area contributed by atoms with Crippen LogP contribution in [0.4, 0.5) is 22.0 Å². The number of alkyl halides is 5. The van der Waals surface area contributed by atoms with Crippen LogP contribution < -0.4 is 5.32 Å². The second-order valence-electron chi connectivity index (χ2n) is 6.23. The highest BCUT2D eigenvalue weighted by Gasteiger charge is 2.58. The molecule has 0 spiro atoms. The smallest absolute Gasteiger partial charge is 0.375 e. The van der Waals surface area contributed by atoms with Gasteiger partial charge in [-0.3, -0.25) is 4.98 Å². The first-order chi connectivity index (χ1) is 13.1. The van der Waals surface area contributed by atoms with Gasteiger partial charge in [0.05, 0.1) is 18.0 Å². The van der Waals surface area contributed by atoms with Crippen LogP contribution in [0.25, 0.3) is 10.9 Å². The van der Waals surface area contributed by atoms with E-state index in [0.29, 0.717) is 17.5 Å². The number of benzene rings is 1. The molecule has 2 aromatic rings. The molecule has 28 heavy (non-hydrogen) atoms. The molecule has 150 valence electrons. The quantitative estimate of drug-likeness (QED) is 0.373. The van der Waals surface area contributed by atoms with Crippen molar-refractivity contribution in [3.05, 3.63) is 41.1 Å². The van der Waals surface area contributed by atoms with Gasteiger partial charge in [-0.2, -0.15) is 27.2 Å². The highest BCUT2D eigenvalue weighted by molar-refractivity contribution is 7.80. The van der Waals surface area contributed by atoms with Crippen molar-refractivity contribution in [1.82, 2.24) is 10.3 Å². The summed E-state index contributed by atoms with van der Waals surface area (Å²) in [6.07, 6.45) is -1.79. The molecule has 9 heteroatoms. The lowest BCUT2D eigenvalue weighted by atomic mass is 9.96. The summed E-state index contributed by atoms with van der Waals surface area (Å²) in [4.78, 5) is 4.39. The average molecular weight is 415 g/mol. The van der Waals surface area contributed by atoms with Crippen LogP contribution in [0.5, 0.6) is 0 Å². The van der Waals surface area contributed by atoms with Gasteiger partial charge in [-0.15, -0.1) is 0 Å². The van der Waals surface area contributed by atoms with E-state index in [9.17, 15) is 22.0 Å². The van der Waals surface area contributed by atoms with E-state index in [4.69, 9.17) is 17.5 Å². The van der Waals surface area contributed by atoms with Crippen molar-refractivity contribution in [2.45, 2.75) is 44.7 Å². The van der Waals surface area contributed by atoms with Crippen LogP contribution in [0.15, 0.2) is 24.4 Å². The Labute approximate surface area is 164 Å². The van der Waals surface area contributed by atoms with E-state index in [1.54, 1.807) is 6.20 Å². The number of aromatic nitrogens is 1.